The van der Waals surface area contributed by atoms with Gasteiger partial charge in [-0.05, 0) is 37.3 Å². The minimum atomic E-state index is -1.68. The number of rotatable bonds is 2. The SMILES string of the molecule is CC(O)(C(=O)O)C1CCCCc2ccccc21. The molecule has 92 valence electrons. The fourth-order valence-electron chi connectivity index (χ4n) is 2.65. The van der Waals surface area contributed by atoms with Crippen molar-refractivity contribution in [1.82, 2.24) is 0 Å². The van der Waals surface area contributed by atoms with Crippen LogP contribution in [-0.2, 0) is 11.2 Å². The van der Waals surface area contributed by atoms with Gasteiger partial charge in [0.15, 0.2) is 5.60 Å². The molecule has 0 bridgehead atoms. The molecule has 3 heteroatoms. The number of hydrogen-bond donors (Lipinski definition) is 2. The number of fused-ring (bicyclic) bond motifs is 1. The highest BCUT2D eigenvalue weighted by Crippen LogP contribution is 2.38. The highest BCUT2D eigenvalue weighted by Gasteiger charge is 2.41. The van der Waals surface area contributed by atoms with Crippen molar-refractivity contribution in [1.29, 1.82) is 0 Å². The Balaban J connectivity index is 2.45. The van der Waals surface area contributed by atoms with Gasteiger partial charge < -0.3 is 10.2 Å². The van der Waals surface area contributed by atoms with E-state index in [4.69, 9.17) is 5.11 Å². The van der Waals surface area contributed by atoms with Crippen LogP contribution < -0.4 is 0 Å². The smallest absolute Gasteiger partial charge is 0.336 e. The number of benzene rings is 1. The summed E-state index contributed by atoms with van der Waals surface area (Å²) in [6.07, 6.45) is 3.73. The number of carboxylic acid groups (broad SMARTS) is 1. The van der Waals surface area contributed by atoms with Gasteiger partial charge in [-0.1, -0.05) is 30.7 Å². The molecule has 0 aromatic heterocycles. The lowest BCUT2D eigenvalue weighted by Gasteiger charge is -2.29. The predicted molar refractivity (Wildman–Crippen MR) is 65.0 cm³/mol. The summed E-state index contributed by atoms with van der Waals surface area (Å²) < 4.78 is 0. The zero-order valence-corrected chi connectivity index (χ0v) is 10.0. The number of carbonyl (C=O) groups is 1. The van der Waals surface area contributed by atoms with Crippen LogP contribution in [0.1, 0.15) is 43.2 Å². The van der Waals surface area contributed by atoms with E-state index in [1.54, 1.807) is 0 Å². The fraction of sp³-hybridized carbons (Fsp3) is 0.500. The standard InChI is InChI=1S/C14H18O3/c1-14(17,13(15)16)12-9-5-3-7-10-6-2-4-8-11(10)12/h2,4,6,8,12,17H,3,5,7,9H2,1H3,(H,15,16). The normalized spacial score (nSPS) is 23.3. The van der Waals surface area contributed by atoms with Gasteiger partial charge in [0.05, 0.1) is 0 Å². The van der Waals surface area contributed by atoms with Crippen molar-refractivity contribution in [3.63, 3.8) is 0 Å². The first-order chi connectivity index (χ1) is 8.03. The summed E-state index contributed by atoms with van der Waals surface area (Å²) >= 11 is 0. The molecule has 1 aromatic rings. The van der Waals surface area contributed by atoms with Gasteiger partial charge in [-0.3, -0.25) is 0 Å². The lowest BCUT2D eigenvalue weighted by Crippen LogP contribution is -2.41. The Bertz CT molecular complexity index is 423. The summed E-state index contributed by atoms with van der Waals surface area (Å²) in [5.41, 5.74) is 0.495. The van der Waals surface area contributed by atoms with E-state index in [-0.39, 0.29) is 5.92 Å². The maximum atomic E-state index is 11.2. The molecule has 3 nitrogen and oxygen atoms in total. The van der Waals surface area contributed by atoms with E-state index in [2.05, 4.69) is 0 Å². The molecule has 2 rings (SSSR count). The third kappa shape index (κ3) is 2.20. The van der Waals surface area contributed by atoms with Gasteiger partial charge in [0.25, 0.3) is 0 Å². The van der Waals surface area contributed by atoms with Crippen LogP contribution in [0.2, 0.25) is 0 Å². The van der Waals surface area contributed by atoms with E-state index in [1.165, 1.54) is 12.5 Å². The highest BCUT2D eigenvalue weighted by atomic mass is 16.4. The van der Waals surface area contributed by atoms with Crippen molar-refractivity contribution >= 4 is 5.97 Å². The van der Waals surface area contributed by atoms with Crippen molar-refractivity contribution in [2.45, 2.75) is 44.1 Å². The Morgan fingerprint density at radius 3 is 2.76 bits per heavy atom. The second-order valence-electron chi connectivity index (χ2n) is 4.95. The number of hydrogen-bond acceptors (Lipinski definition) is 2. The van der Waals surface area contributed by atoms with Gasteiger partial charge >= 0.3 is 5.97 Å². The maximum absolute atomic E-state index is 11.2. The zero-order valence-electron chi connectivity index (χ0n) is 10.0. The Morgan fingerprint density at radius 1 is 1.35 bits per heavy atom. The molecule has 2 unspecified atom stereocenters. The largest absolute Gasteiger partial charge is 0.479 e. The van der Waals surface area contributed by atoms with E-state index < -0.39 is 11.6 Å². The quantitative estimate of drug-likeness (QED) is 0.772. The first-order valence-corrected chi connectivity index (χ1v) is 6.07. The van der Waals surface area contributed by atoms with Crippen LogP contribution >= 0.6 is 0 Å². The molecule has 0 saturated carbocycles. The summed E-state index contributed by atoms with van der Waals surface area (Å²) in [4.78, 5) is 11.2. The predicted octanol–water partition coefficient (Wildman–Crippen LogP) is 2.33. The maximum Gasteiger partial charge on any atom is 0.336 e. The van der Waals surface area contributed by atoms with Gasteiger partial charge in [0.2, 0.25) is 0 Å². The summed E-state index contributed by atoms with van der Waals surface area (Å²) in [5.74, 6) is -1.45. The average molecular weight is 234 g/mol. The molecule has 0 fully saturated rings. The topological polar surface area (TPSA) is 57.5 Å². The van der Waals surface area contributed by atoms with Crippen molar-refractivity contribution in [3.8, 4) is 0 Å². The van der Waals surface area contributed by atoms with Crippen molar-refractivity contribution < 1.29 is 15.0 Å². The number of aryl methyl sites for hydroxylation is 1. The number of carboxylic acids is 1. The Kier molecular flexibility index (Phi) is 3.20. The number of aliphatic carboxylic acids is 1. The zero-order chi connectivity index (χ0) is 12.5. The highest BCUT2D eigenvalue weighted by molar-refractivity contribution is 5.78. The van der Waals surface area contributed by atoms with Crippen LogP contribution in [0.15, 0.2) is 24.3 Å². The fourth-order valence-corrected chi connectivity index (χ4v) is 2.65. The Morgan fingerprint density at radius 2 is 2.06 bits per heavy atom. The molecule has 2 N–H and O–H groups in total. The van der Waals surface area contributed by atoms with E-state index in [0.29, 0.717) is 0 Å². The number of aliphatic hydroxyl groups is 1. The molecule has 0 radical (unpaired) electrons. The molecule has 0 amide bonds. The molecule has 17 heavy (non-hydrogen) atoms. The van der Waals surface area contributed by atoms with E-state index in [0.717, 1.165) is 31.2 Å². The first kappa shape index (κ1) is 12.1. The van der Waals surface area contributed by atoms with Gasteiger partial charge in [-0.25, -0.2) is 4.79 Å². The minimum absolute atomic E-state index is 0.307. The van der Waals surface area contributed by atoms with Crippen LogP contribution in [0.25, 0.3) is 0 Å². The average Bonchev–Trinajstić information content (AvgIpc) is 2.51. The van der Waals surface area contributed by atoms with Crippen molar-refractivity contribution in [2.24, 2.45) is 0 Å². The summed E-state index contributed by atoms with van der Waals surface area (Å²) in [7, 11) is 0. The van der Waals surface area contributed by atoms with Crippen LogP contribution in [0.3, 0.4) is 0 Å². The van der Waals surface area contributed by atoms with Gasteiger partial charge in [-0.15, -0.1) is 0 Å². The van der Waals surface area contributed by atoms with E-state index in [9.17, 15) is 9.90 Å². The van der Waals surface area contributed by atoms with E-state index >= 15 is 0 Å². The molecule has 0 spiro atoms. The molecule has 0 saturated heterocycles. The summed E-state index contributed by atoms with van der Waals surface area (Å²) in [5, 5.41) is 19.3. The lowest BCUT2D eigenvalue weighted by molar-refractivity contribution is -0.159. The lowest BCUT2D eigenvalue weighted by atomic mass is 9.80. The minimum Gasteiger partial charge on any atom is -0.479 e. The Hall–Kier alpha value is -1.35. The van der Waals surface area contributed by atoms with Crippen LogP contribution in [0.5, 0.6) is 0 Å². The Labute approximate surface area is 101 Å². The molecule has 2 atom stereocenters. The van der Waals surface area contributed by atoms with Crippen molar-refractivity contribution in [3.05, 3.63) is 35.4 Å². The third-order valence-electron chi connectivity index (χ3n) is 3.73. The summed E-state index contributed by atoms with van der Waals surface area (Å²) in [6, 6.07) is 7.86. The van der Waals surface area contributed by atoms with Gasteiger partial charge in [-0.2, -0.15) is 0 Å². The van der Waals surface area contributed by atoms with Gasteiger partial charge in [0, 0.05) is 5.92 Å². The van der Waals surface area contributed by atoms with Crippen molar-refractivity contribution in [2.75, 3.05) is 0 Å². The second-order valence-corrected chi connectivity index (χ2v) is 4.95. The molecule has 1 aliphatic rings. The van der Waals surface area contributed by atoms with Crippen LogP contribution in [0, 0.1) is 0 Å². The van der Waals surface area contributed by atoms with Gasteiger partial charge in [0.1, 0.15) is 0 Å². The molecule has 1 aromatic carbocycles. The van der Waals surface area contributed by atoms with E-state index in [1.807, 2.05) is 24.3 Å². The first-order valence-electron chi connectivity index (χ1n) is 6.07. The summed E-state index contributed by atoms with van der Waals surface area (Å²) in [6.45, 7) is 1.40. The molecule has 0 heterocycles. The molecule has 1 aliphatic carbocycles. The monoisotopic (exact) mass is 234 g/mol. The molecule has 0 aliphatic heterocycles. The van der Waals surface area contributed by atoms with Crippen LogP contribution in [0.4, 0.5) is 0 Å². The van der Waals surface area contributed by atoms with Crippen LogP contribution in [-0.4, -0.2) is 21.8 Å². The third-order valence-corrected chi connectivity index (χ3v) is 3.73. The second kappa shape index (κ2) is 4.49. The molecular weight excluding hydrogens is 216 g/mol. The molecular formula is C14H18O3.